The Bertz CT molecular complexity index is 4340. The summed E-state index contributed by atoms with van der Waals surface area (Å²) >= 11 is 0. The van der Waals surface area contributed by atoms with Crippen molar-refractivity contribution in [1.29, 1.82) is 26.3 Å². The summed E-state index contributed by atoms with van der Waals surface area (Å²) in [5.74, 6) is 34.1. The van der Waals surface area contributed by atoms with Crippen molar-refractivity contribution < 1.29 is 22.9 Å². The Morgan fingerprint density at radius 1 is 0.278 bits per heavy atom. The average Bonchev–Trinajstić information content (AvgIpc) is 1.32. The van der Waals surface area contributed by atoms with Crippen LogP contribution in [0.25, 0.3) is 58.2 Å². The van der Waals surface area contributed by atoms with E-state index in [1.165, 1.54) is 0 Å². The Morgan fingerprint density at radius 2 is 0.470 bits per heavy atom. The highest BCUT2D eigenvalue weighted by molar-refractivity contribution is 6.75. The summed E-state index contributed by atoms with van der Waals surface area (Å²) in [5, 5.41) is 57.0. The van der Waals surface area contributed by atoms with Gasteiger partial charge in [0.25, 0.3) is 0 Å². The highest BCUT2D eigenvalue weighted by Gasteiger charge is 2.40. The molecule has 0 fully saturated rings. The van der Waals surface area contributed by atoms with E-state index < -0.39 is 41.6 Å². The molecule has 10 bridgehead atoms. The third kappa shape index (κ3) is 29.0. The van der Waals surface area contributed by atoms with Gasteiger partial charge < -0.3 is 22.9 Å². The summed E-state index contributed by atoms with van der Waals surface area (Å²) in [6.07, 6.45) is 19.3. The van der Waals surface area contributed by atoms with Crippen molar-refractivity contribution in [2.45, 2.75) is 271 Å². The van der Waals surface area contributed by atoms with Gasteiger partial charge in [0, 0.05) is 79.7 Å². The van der Waals surface area contributed by atoms with Gasteiger partial charge in [-0.1, -0.05) is 162 Å². The van der Waals surface area contributed by atoms with Crippen LogP contribution >= 0.6 is 0 Å². The standard InChI is InChI=1S/C100H125N5O5Si5/c1-96(2,3)113(18,19)108-48-38-28-33-43-78-53-83-63-89(59-78)94(74-104)70-85-55-80(45-35-30-40-50-110-115(22,23)98(7,8)9)60-90(65-85)95(75-105)69-84-54-79(44-34-29-39-49-109-114(20,21)97(4,5)6)58-88(64-84)93(73-103)67-82-52-77(42-32-25-27-37-47-100(12,13)112(16,17)107)56-86(62-82)91(71-101)66-81-51-76(57-87(61-81)92(68-83)72-102)41-31-24-26-36-46-99(10,11)111(14,15)106/h51-70,106-107H,24-30,36-40,46-50H2,1-23H3/b91-66?,92-68+,93-67+,94-70+,95-69+. The van der Waals surface area contributed by atoms with Crippen LogP contribution < -0.4 is 0 Å². The van der Waals surface area contributed by atoms with Gasteiger partial charge in [0.1, 0.15) is 0 Å². The lowest BCUT2D eigenvalue weighted by Gasteiger charge is -2.36. The van der Waals surface area contributed by atoms with Crippen LogP contribution in [0.15, 0.2) is 91.0 Å². The molecule has 15 heteroatoms. The van der Waals surface area contributed by atoms with E-state index in [9.17, 15) is 35.9 Å². The molecule has 0 heterocycles. The van der Waals surface area contributed by atoms with Crippen molar-refractivity contribution in [2.75, 3.05) is 19.8 Å². The second kappa shape index (κ2) is 41.2. The summed E-state index contributed by atoms with van der Waals surface area (Å²) in [5.41, 5.74) is 10.4. The summed E-state index contributed by atoms with van der Waals surface area (Å²) in [6.45, 7) is 51.8. The zero-order valence-corrected chi connectivity index (χ0v) is 78.4. The van der Waals surface area contributed by atoms with Crippen LogP contribution in [0, 0.1) is 116 Å². The van der Waals surface area contributed by atoms with Gasteiger partial charge in [0.05, 0.1) is 58.2 Å². The molecule has 10 nitrogen and oxygen atoms in total. The van der Waals surface area contributed by atoms with Gasteiger partial charge in [0.15, 0.2) is 41.6 Å². The van der Waals surface area contributed by atoms with Crippen molar-refractivity contribution >= 4 is 99.8 Å². The molecule has 0 aliphatic heterocycles. The summed E-state index contributed by atoms with van der Waals surface area (Å²) in [6, 6.07) is 41.1. The van der Waals surface area contributed by atoms with E-state index in [2.05, 4.69) is 219 Å². The predicted molar refractivity (Wildman–Crippen MR) is 496 cm³/mol. The topological polar surface area (TPSA) is 187 Å². The molecule has 600 valence electrons. The van der Waals surface area contributed by atoms with Crippen molar-refractivity contribution in [3.05, 3.63) is 174 Å². The number of allylic oxidation sites excluding steroid dienone is 5. The minimum absolute atomic E-state index is 0.0573. The zero-order chi connectivity index (χ0) is 85.4. The SMILES string of the molecule is CC(C)(CCCCC#Cc1cc2cc(c1)C(C#N)=Cc1cc(C#CCCCCC(C)(C)[Si](C)(C)O)cc(c1)/C(C#N)=C/c1cc(C#CCCCO[Si](C)(C)C(C)(C)C)cc(c1)/C(C#N)=C/c1cc(C#CCCCO[Si](C)(C)C(C)(C)C)cc(c1)/C(C#N)=C/c1cc(C#CCCCO[Si](C)(C)C(C)(C)C)cc(c1)/C(C#N)=C/2)[Si](C)(C)O. The number of hydrogen-bond acceptors (Lipinski definition) is 10. The minimum atomic E-state index is -2.42. The number of hydrogen-bond donors (Lipinski definition) is 2. The van der Waals surface area contributed by atoms with Crippen LogP contribution in [0.5, 0.6) is 0 Å². The minimum Gasteiger partial charge on any atom is -0.432 e. The number of rotatable bonds is 22. The number of nitrogens with zero attached hydrogens (tertiary/aromatic N) is 5. The molecule has 0 amide bonds. The van der Waals surface area contributed by atoms with E-state index in [4.69, 9.17) is 13.3 Å². The van der Waals surface area contributed by atoms with Crippen molar-refractivity contribution in [3.63, 3.8) is 0 Å². The van der Waals surface area contributed by atoms with E-state index in [1.807, 2.05) is 117 Å². The highest BCUT2D eigenvalue weighted by atomic mass is 28.4. The second-order valence-electron chi connectivity index (χ2n) is 37.5. The molecule has 0 saturated heterocycles. The monoisotopic (exact) mass is 1620 g/mol. The number of nitriles is 5. The molecule has 0 spiro atoms. The number of unbranched alkanes of at least 4 members (excludes halogenated alkanes) is 7. The molecule has 0 atom stereocenters. The Balaban J connectivity index is 1.71. The Hall–Kier alpha value is -9.07. The lowest BCUT2D eigenvalue weighted by Crippen LogP contribution is -2.40. The van der Waals surface area contributed by atoms with Crippen LogP contribution in [0.2, 0.25) is 90.7 Å². The molecule has 5 aromatic rings. The quantitative estimate of drug-likeness (QED) is 0.0383. The molecule has 0 radical (unpaired) electrons. The lowest BCUT2D eigenvalue weighted by molar-refractivity contribution is 0.284. The van der Waals surface area contributed by atoms with Gasteiger partial charge in [-0.3, -0.25) is 0 Å². The first-order chi connectivity index (χ1) is 53.6. The van der Waals surface area contributed by atoms with Gasteiger partial charge in [-0.15, -0.1) is 0 Å². The van der Waals surface area contributed by atoms with E-state index >= 15 is 0 Å². The fraction of sp³-hybridized carbons (Fsp3) is 0.450. The normalized spacial score (nSPS) is 14.9. The van der Waals surface area contributed by atoms with Gasteiger partial charge in [0.2, 0.25) is 0 Å². The van der Waals surface area contributed by atoms with E-state index in [0.717, 1.165) is 57.8 Å². The zero-order valence-electron chi connectivity index (χ0n) is 73.4. The molecule has 2 N–H and O–H groups in total. The van der Waals surface area contributed by atoms with Crippen molar-refractivity contribution in [3.8, 4) is 89.6 Å². The van der Waals surface area contributed by atoms with E-state index in [0.29, 0.717) is 163 Å². The fourth-order valence-electron chi connectivity index (χ4n) is 11.7. The molecule has 5 aromatic carbocycles. The number of fused-ring (bicyclic) bond motifs is 10. The van der Waals surface area contributed by atoms with Crippen LogP contribution in [0.3, 0.4) is 0 Å². The smallest absolute Gasteiger partial charge is 0.191 e. The first-order valence-electron chi connectivity index (χ1n) is 40.8. The molecule has 0 unspecified atom stereocenters. The van der Waals surface area contributed by atoms with E-state index in [-0.39, 0.29) is 25.2 Å². The first kappa shape index (κ1) is 94.8. The fourth-order valence-corrected chi connectivity index (χ4v) is 16.5. The van der Waals surface area contributed by atoms with Gasteiger partial charge in [-0.05, 0) is 313 Å². The van der Waals surface area contributed by atoms with E-state index in [1.54, 1.807) is 30.4 Å². The molecular formula is C100H125N5O5Si5. The third-order valence-corrected chi connectivity index (χ3v) is 44.6. The number of benzene rings is 5. The van der Waals surface area contributed by atoms with Crippen LogP contribution in [0.4, 0.5) is 0 Å². The molecule has 1 aliphatic carbocycles. The predicted octanol–water partition coefficient (Wildman–Crippen LogP) is 25.6. The van der Waals surface area contributed by atoms with Gasteiger partial charge in [-0.2, -0.15) is 26.3 Å². The largest absolute Gasteiger partial charge is 0.432 e. The molecule has 0 saturated carbocycles. The highest BCUT2D eigenvalue weighted by Crippen LogP contribution is 2.43. The Morgan fingerprint density at radius 3 is 0.643 bits per heavy atom. The molecule has 0 aromatic heterocycles. The lowest BCUT2D eigenvalue weighted by atomic mass is 9.93. The van der Waals surface area contributed by atoms with Gasteiger partial charge in [-0.25, -0.2) is 0 Å². The molecule has 115 heavy (non-hydrogen) atoms. The second-order valence-corrected chi connectivity index (χ2v) is 60.9. The van der Waals surface area contributed by atoms with Crippen LogP contribution in [-0.4, -0.2) is 71.0 Å². The Kier molecular flexibility index (Phi) is 33.9. The maximum Gasteiger partial charge on any atom is 0.191 e. The summed E-state index contributed by atoms with van der Waals surface area (Å²) < 4.78 is 19.6. The third-order valence-electron chi connectivity index (χ3n) is 23.8. The molecule has 1 aliphatic rings. The summed E-state index contributed by atoms with van der Waals surface area (Å²) in [7, 11) is -10.8. The maximum atomic E-state index is 11.4. The van der Waals surface area contributed by atoms with Crippen molar-refractivity contribution in [2.24, 2.45) is 0 Å². The van der Waals surface area contributed by atoms with Crippen LogP contribution in [-0.2, 0) is 13.3 Å². The average molecular weight is 1620 g/mol. The molecular weight excluding hydrogens is 1490 g/mol. The Labute approximate surface area is 698 Å². The van der Waals surface area contributed by atoms with Crippen LogP contribution in [0.1, 0.15) is 263 Å². The first-order valence-corrected chi connectivity index (χ1v) is 55.4. The van der Waals surface area contributed by atoms with Gasteiger partial charge >= 0.3 is 0 Å². The van der Waals surface area contributed by atoms with Crippen molar-refractivity contribution in [1.82, 2.24) is 0 Å². The summed E-state index contributed by atoms with van der Waals surface area (Å²) in [4.78, 5) is 22.1. The maximum absolute atomic E-state index is 11.4. The molecule has 6 rings (SSSR count).